The largest absolute Gasteiger partial charge is 0.457 e. The molecule has 0 aliphatic carbocycles. The van der Waals surface area contributed by atoms with E-state index in [0.29, 0.717) is 6.20 Å². The van der Waals surface area contributed by atoms with Gasteiger partial charge in [-0.25, -0.2) is 14.2 Å². The molecule has 1 amide bonds. The third-order valence-electron chi connectivity index (χ3n) is 3.67. The van der Waals surface area contributed by atoms with E-state index in [1.807, 2.05) is 0 Å². The lowest BCUT2D eigenvalue weighted by molar-refractivity contribution is -0.140. The molecule has 0 atom stereocenters. The maximum atomic E-state index is 14.3. The Morgan fingerprint density at radius 1 is 1.06 bits per heavy atom. The molecule has 3 aromatic rings. The second kappa shape index (κ2) is 8.25. The first kappa shape index (κ1) is 22.1. The second-order valence-corrected chi connectivity index (χ2v) is 7.39. The molecule has 1 aromatic carbocycles. The van der Waals surface area contributed by atoms with Crippen LogP contribution in [0.25, 0.3) is 11.5 Å². The van der Waals surface area contributed by atoms with E-state index in [-0.39, 0.29) is 28.7 Å². The van der Waals surface area contributed by atoms with E-state index >= 15 is 0 Å². The van der Waals surface area contributed by atoms with Crippen molar-refractivity contribution < 1.29 is 31.8 Å². The Kier molecular flexibility index (Phi) is 5.87. The predicted molar refractivity (Wildman–Crippen MR) is 103 cm³/mol. The number of halogens is 4. The molecule has 0 bridgehead atoms. The number of benzene rings is 1. The van der Waals surface area contributed by atoms with Crippen LogP contribution in [-0.4, -0.2) is 26.6 Å². The van der Waals surface area contributed by atoms with Gasteiger partial charge in [-0.05, 0) is 39.0 Å². The summed E-state index contributed by atoms with van der Waals surface area (Å²) < 4.78 is 63.1. The minimum atomic E-state index is -4.56. The number of imidazole rings is 1. The Bertz CT molecular complexity index is 1090. The number of anilines is 1. The molecule has 11 heteroatoms. The summed E-state index contributed by atoms with van der Waals surface area (Å²) >= 11 is 0. The molecule has 2 heterocycles. The molecule has 3 rings (SSSR count). The van der Waals surface area contributed by atoms with E-state index in [1.54, 1.807) is 20.8 Å². The number of amides is 1. The van der Waals surface area contributed by atoms with Gasteiger partial charge in [-0.2, -0.15) is 13.2 Å². The summed E-state index contributed by atoms with van der Waals surface area (Å²) in [6, 6.07) is 6.54. The summed E-state index contributed by atoms with van der Waals surface area (Å²) in [7, 11) is 0. The number of pyridine rings is 1. The van der Waals surface area contributed by atoms with Crippen LogP contribution in [0.5, 0.6) is 11.5 Å². The second-order valence-electron chi connectivity index (χ2n) is 7.39. The number of ether oxygens (including phenoxy) is 2. The number of carbonyl (C=O) groups excluding carboxylic acids is 1. The van der Waals surface area contributed by atoms with Gasteiger partial charge in [-0.3, -0.25) is 10.3 Å². The monoisotopic (exact) mass is 438 g/mol. The highest BCUT2D eigenvalue weighted by molar-refractivity contribution is 5.85. The molecule has 0 aliphatic rings. The topological polar surface area (TPSA) is 89.1 Å². The van der Waals surface area contributed by atoms with Gasteiger partial charge < -0.3 is 14.5 Å². The van der Waals surface area contributed by atoms with Gasteiger partial charge in [0.25, 0.3) is 0 Å². The minimum Gasteiger partial charge on any atom is -0.457 e. The zero-order valence-electron chi connectivity index (χ0n) is 16.7. The lowest BCUT2D eigenvalue weighted by Crippen LogP contribution is -2.27. The van der Waals surface area contributed by atoms with Crippen molar-refractivity contribution in [1.82, 2.24) is 15.0 Å². The van der Waals surface area contributed by atoms with E-state index in [2.05, 4.69) is 20.3 Å². The van der Waals surface area contributed by atoms with Crippen LogP contribution in [0, 0.1) is 5.82 Å². The average molecular weight is 438 g/mol. The standard InChI is InChI=1S/C20H18F4N4O3/c1-19(2,3)31-18(29)27-14-5-4-11(8-13(14)21)30-12-6-7-25-15(9-12)17-26-10-16(28-17)20(22,23)24/h4-10H,1-3H3,(H,26,28)(H,27,29). The molecule has 2 N–H and O–H groups in total. The summed E-state index contributed by atoms with van der Waals surface area (Å²) in [5.41, 5.74) is -1.74. The fraction of sp³-hybridized carbons (Fsp3) is 0.250. The third-order valence-corrected chi connectivity index (χ3v) is 3.67. The summed E-state index contributed by atoms with van der Waals surface area (Å²) in [5, 5.41) is 2.30. The molecule has 0 radical (unpaired) electrons. The van der Waals surface area contributed by atoms with Crippen LogP contribution in [0.4, 0.5) is 28.0 Å². The number of aromatic amines is 1. The fourth-order valence-electron chi connectivity index (χ4n) is 2.41. The first-order chi connectivity index (χ1) is 14.4. The van der Waals surface area contributed by atoms with Crippen molar-refractivity contribution in [1.29, 1.82) is 0 Å². The fourth-order valence-corrected chi connectivity index (χ4v) is 2.41. The molecule has 31 heavy (non-hydrogen) atoms. The maximum Gasteiger partial charge on any atom is 0.432 e. The number of aromatic nitrogens is 3. The number of H-pyrrole nitrogens is 1. The highest BCUT2D eigenvalue weighted by atomic mass is 19.4. The summed E-state index contributed by atoms with van der Waals surface area (Å²) in [5.74, 6) is -0.568. The molecule has 0 aliphatic heterocycles. The van der Waals surface area contributed by atoms with Crippen molar-refractivity contribution in [3.8, 4) is 23.0 Å². The number of hydrogen-bond donors (Lipinski definition) is 2. The number of nitrogens with one attached hydrogen (secondary N) is 2. The van der Waals surface area contributed by atoms with E-state index in [9.17, 15) is 22.4 Å². The van der Waals surface area contributed by atoms with Crippen LogP contribution in [0.1, 0.15) is 26.5 Å². The van der Waals surface area contributed by atoms with Gasteiger partial charge in [0.05, 0.1) is 11.9 Å². The lowest BCUT2D eigenvalue weighted by Gasteiger charge is -2.19. The van der Waals surface area contributed by atoms with Gasteiger partial charge in [0, 0.05) is 18.3 Å². The van der Waals surface area contributed by atoms with E-state index in [0.717, 1.165) is 6.07 Å². The van der Waals surface area contributed by atoms with Crippen molar-refractivity contribution in [2.45, 2.75) is 32.5 Å². The van der Waals surface area contributed by atoms with Gasteiger partial charge in [0.2, 0.25) is 0 Å². The highest BCUT2D eigenvalue weighted by Crippen LogP contribution is 2.31. The van der Waals surface area contributed by atoms with Crippen molar-refractivity contribution in [3.63, 3.8) is 0 Å². The van der Waals surface area contributed by atoms with Crippen LogP contribution in [0.2, 0.25) is 0 Å². The number of alkyl halides is 3. The van der Waals surface area contributed by atoms with Gasteiger partial charge in [-0.15, -0.1) is 0 Å². The van der Waals surface area contributed by atoms with Gasteiger partial charge in [-0.1, -0.05) is 0 Å². The third kappa shape index (κ3) is 5.93. The summed E-state index contributed by atoms with van der Waals surface area (Å²) in [4.78, 5) is 21.6. The lowest BCUT2D eigenvalue weighted by atomic mass is 10.2. The number of nitrogens with zero attached hydrogens (tertiary/aromatic N) is 2. The van der Waals surface area contributed by atoms with Crippen LogP contribution in [0.15, 0.2) is 42.7 Å². The maximum absolute atomic E-state index is 14.3. The molecule has 0 saturated heterocycles. The van der Waals surface area contributed by atoms with Gasteiger partial charge in [0.1, 0.15) is 28.5 Å². The zero-order chi connectivity index (χ0) is 22.8. The van der Waals surface area contributed by atoms with E-state index in [4.69, 9.17) is 9.47 Å². The summed E-state index contributed by atoms with van der Waals surface area (Å²) in [6.07, 6.45) is -3.40. The van der Waals surface area contributed by atoms with Crippen molar-refractivity contribution in [3.05, 3.63) is 54.2 Å². The Hall–Kier alpha value is -3.63. The number of hydrogen-bond acceptors (Lipinski definition) is 5. The first-order valence-corrected chi connectivity index (χ1v) is 8.97. The molecule has 7 nitrogen and oxygen atoms in total. The van der Waals surface area contributed by atoms with Gasteiger partial charge >= 0.3 is 12.3 Å². The average Bonchev–Trinajstić information content (AvgIpc) is 3.13. The Morgan fingerprint density at radius 2 is 1.77 bits per heavy atom. The normalized spacial score (nSPS) is 11.8. The quantitative estimate of drug-likeness (QED) is 0.505. The highest BCUT2D eigenvalue weighted by Gasteiger charge is 2.33. The molecule has 164 valence electrons. The van der Waals surface area contributed by atoms with Gasteiger partial charge in [0.15, 0.2) is 11.6 Å². The van der Waals surface area contributed by atoms with E-state index < -0.39 is 29.4 Å². The zero-order valence-corrected chi connectivity index (χ0v) is 16.7. The SMILES string of the molecule is CC(C)(C)OC(=O)Nc1ccc(Oc2ccnc(-c3ncc(C(F)(F)F)[nH]3)c2)cc1F. The molecular formula is C20H18F4N4O3. The molecule has 0 fully saturated rings. The molecular weight excluding hydrogens is 420 g/mol. The Balaban J connectivity index is 1.73. The Morgan fingerprint density at radius 3 is 2.39 bits per heavy atom. The summed E-state index contributed by atoms with van der Waals surface area (Å²) in [6.45, 7) is 5.03. The number of carbonyl (C=O) groups is 1. The van der Waals surface area contributed by atoms with E-state index in [1.165, 1.54) is 30.5 Å². The molecule has 0 saturated carbocycles. The van der Waals surface area contributed by atoms with Crippen LogP contribution in [0.3, 0.4) is 0 Å². The molecule has 0 spiro atoms. The van der Waals surface area contributed by atoms with Crippen LogP contribution in [-0.2, 0) is 10.9 Å². The predicted octanol–water partition coefficient (Wildman–Crippen LogP) is 5.77. The van der Waals surface area contributed by atoms with Crippen molar-refractivity contribution in [2.24, 2.45) is 0 Å². The van der Waals surface area contributed by atoms with Crippen molar-refractivity contribution in [2.75, 3.05) is 5.32 Å². The smallest absolute Gasteiger partial charge is 0.432 e. The molecule has 2 aromatic heterocycles. The van der Waals surface area contributed by atoms with Crippen LogP contribution < -0.4 is 10.1 Å². The van der Waals surface area contributed by atoms with Crippen molar-refractivity contribution >= 4 is 11.8 Å². The van der Waals surface area contributed by atoms with Crippen LogP contribution >= 0.6 is 0 Å². The molecule has 0 unspecified atom stereocenters. The first-order valence-electron chi connectivity index (χ1n) is 8.97. The minimum absolute atomic E-state index is 0.0964. The Labute approximate surface area is 174 Å². The number of rotatable bonds is 4.